The van der Waals surface area contributed by atoms with Crippen LogP contribution in [0.4, 0.5) is 4.39 Å². The van der Waals surface area contributed by atoms with Crippen molar-refractivity contribution in [3.05, 3.63) is 59.4 Å². The zero-order chi connectivity index (χ0) is 16.7. The first-order valence-electron chi connectivity index (χ1n) is 7.53. The lowest BCUT2D eigenvalue weighted by atomic mass is 10.1. The molecule has 5 heteroatoms. The summed E-state index contributed by atoms with van der Waals surface area (Å²) in [4.78, 5) is 0. The number of benzene rings is 2. The van der Waals surface area contributed by atoms with Crippen LogP contribution in [0.25, 0.3) is 0 Å². The van der Waals surface area contributed by atoms with E-state index in [1.807, 2.05) is 25.1 Å². The molecule has 0 aromatic heterocycles. The number of halogens is 1. The summed E-state index contributed by atoms with van der Waals surface area (Å²) in [7, 11) is 1.58. The molecule has 0 saturated heterocycles. The zero-order valence-corrected chi connectivity index (χ0v) is 13.4. The monoisotopic (exact) mass is 319 g/mol. The molecule has 0 aliphatic rings. The number of ether oxygens (including phenoxy) is 2. The second-order valence-electron chi connectivity index (χ2n) is 5.21. The van der Waals surface area contributed by atoms with Gasteiger partial charge in [0, 0.05) is 12.6 Å². The molecule has 2 N–H and O–H groups in total. The van der Waals surface area contributed by atoms with Crippen LogP contribution >= 0.6 is 0 Å². The number of methoxy groups -OCH3 is 1. The standard InChI is InChI=1S/C18H22FNO3/c1-13(20-12-14-3-6-16(19)7-4-14)15-5-8-17(23-10-9-21)18(11-15)22-2/h3-8,11,13,20-21H,9-10,12H2,1-2H3. The highest BCUT2D eigenvalue weighted by molar-refractivity contribution is 5.43. The molecule has 124 valence electrons. The molecule has 2 aromatic rings. The first-order chi connectivity index (χ1) is 11.1. The maximum Gasteiger partial charge on any atom is 0.161 e. The Labute approximate surface area is 135 Å². The zero-order valence-electron chi connectivity index (χ0n) is 13.4. The average Bonchev–Trinajstić information content (AvgIpc) is 2.59. The summed E-state index contributed by atoms with van der Waals surface area (Å²) in [6.07, 6.45) is 0. The summed E-state index contributed by atoms with van der Waals surface area (Å²) in [5.74, 6) is 1.01. The second kappa shape index (κ2) is 8.50. The van der Waals surface area contributed by atoms with E-state index in [2.05, 4.69) is 5.32 Å². The van der Waals surface area contributed by atoms with Crippen molar-refractivity contribution in [1.29, 1.82) is 0 Å². The van der Waals surface area contributed by atoms with Crippen LogP contribution in [0.3, 0.4) is 0 Å². The lowest BCUT2D eigenvalue weighted by Crippen LogP contribution is -2.18. The Morgan fingerprint density at radius 2 is 1.87 bits per heavy atom. The van der Waals surface area contributed by atoms with Crippen LogP contribution in [0.5, 0.6) is 11.5 Å². The molecule has 0 saturated carbocycles. The SMILES string of the molecule is COc1cc(C(C)NCc2ccc(F)cc2)ccc1OCCO. The highest BCUT2D eigenvalue weighted by atomic mass is 19.1. The Balaban J connectivity index is 2.00. The van der Waals surface area contributed by atoms with Crippen LogP contribution in [0.2, 0.25) is 0 Å². The summed E-state index contributed by atoms with van der Waals surface area (Å²) >= 11 is 0. The van der Waals surface area contributed by atoms with Gasteiger partial charge in [-0.25, -0.2) is 4.39 Å². The van der Waals surface area contributed by atoms with Crippen LogP contribution < -0.4 is 14.8 Å². The lowest BCUT2D eigenvalue weighted by molar-refractivity contribution is 0.196. The fourth-order valence-corrected chi connectivity index (χ4v) is 2.22. The summed E-state index contributed by atoms with van der Waals surface area (Å²) in [5.41, 5.74) is 2.08. The van der Waals surface area contributed by atoms with Crippen LogP contribution in [-0.2, 0) is 6.54 Å². The topological polar surface area (TPSA) is 50.7 Å². The number of nitrogens with one attached hydrogen (secondary N) is 1. The molecule has 1 atom stereocenters. The minimum Gasteiger partial charge on any atom is -0.493 e. The third-order valence-electron chi connectivity index (χ3n) is 3.56. The maximum absolute atomic E-state index is 12.9. The van der Waals surface area contributed by atoms with Gasteiger partial charge in [0.2, 0.25) is 0 Å². The van der Waals surface area contributed by atoms with E-state index >= 15 is 0 Å². The van der Waals surface area contributed by atoms with Crippen molar-refractivity contribution in [2.45, 2.75) is 19.5 Å². The Morgan fingerprint density at radius 3 is 2.52 bits per heavy atom. The molecule has 23 heavy (non-hydrogen) atoms. The van der Waals surface area contributed by atoms with Crippen LogP contribution in [-0.4, -0.2) is 25.4 Å². The number of aliphatic hydroxyl groups is 1. The molecule has 0 aliphatic carbocycles. The molecule has 0 bridgehead atoms. The third-order valence-corrected chi connectivity index (χ3v) is 3.56. The summed E-state index contributed by atoms with van der Waals surface area (Å²) in [6.45, 7) is 2.88. The number of rotatable bonds is 8. The van der Waals surface area contributed by atoms with Gasteiger partial charge in [0.25, 0.3) is 0 Å². The molecule has 1 unspecified atom stereocenters. The summed E-state index contributed by atoms with van der Waals surface area (Å²) in [6, 6.07) is 12.2. The second-order valence-corrected chi connectivity index (χ2v) is 5.21. The third kappa shape index (κ3) is 4.94. The van der Waals surface area contributed by atoms with E-state index in [0.29, 0.717) is 18.0 Å². The van der Waals surface area contributed by atoms with Crippen molar-refractivity contribution < 1.29 is 19.0 Å². The molecule has 0 fully saturated rings. The molecule has 0 amide bonds. The largest absolute Gasteiger partial charge is 0.493 e. The van der Waals surface area contributed by atoms with Crippen LogP contribution in [0, 0.1) is 5.82 Å². The van der Waals surface area contributed by atoms with Gasteiger partial charge in [0.05, 0.1) is 13.7 Å². The highest BCUT2D eigenvalue weighted by Crippen LogP contribution is 2.30. The van der Waals surface area contributed by atoms with Gasteiger partial charge < -0.3 is 19.9 Å². The molecule has 2 aromatic carbocycles. The van der Waals surface area contributed by atoms with E-state index in [0.717, 1.165) is 11.1 Å². The number of aliphatic hydroxyl groups excluding tert-OH is 1. The Hall–Kier alpha value is -2.11. The van der Waals surface area contributed by atoms with Gasteiger partial charge in [-0.15, -0.1) is 0 Å². The fourth-order valence-electron chi connectivity index (χ4n) is 2.22. The van der Waals surface area contributed by atoms with Gasteiger partial charge in [-0.3, -0.25) is 0 Å². The normalized spacial score (nSPS) is 12.0. The van der Waals surface area contributed by atoms with E-state index in [4.69, 9.17) is 14.6 Å². The molecule has 4 nitrogen and oxygen atoms in total. The molecular weight excluding hydrogens is 297 g/mol. The Kier molecular flexibility index (Phi) is 6.38. The van der Waals surface area contributed by atoms with Gasteiger partial charge in [-0.1, -0.05) is 18.2 Å². The predicted octanol–water partition coefficient (Wildman–Crippen LogP) is 3.06. The van der Waals surface area contributed by atoms with E-state index in [-0.39, 0.29) is 25.1 Å². The predicted molar refractivity (Wildman–Crippen MR) is 87.2 cm³/mol. The van der Waals surface area contributed by atoms with Crippen molar-refractivity contribution in [1.82, 2.24) is 5.32 Å². The van der Waals surface area contributed by atoms with Crippen molar-refractivity contribution in [3.8, 4) is 11.5 Å². The van der Waals surface area contributed by atoms with Gasteiger partial charge in [0.15, 0.2) is 11.5 Å². The van der Waals surface area contributed by atoms with Crippen molar-refractivity contribution in [2.75, 3.05) is 20.3 Å². The quantitative estimate of drug-likeness (QED) is 0.785. The minimum absolute atomic E-state index is 0.0411. The van der Waals surface area contributed by atoms with E-state index in [9.17, 15) is 4.39 Å². The van der Waals surface area contributed by atoms with Gasteiger partial charge in [-0.2, -0.15) is 0 Å². The van der Waals surface area contributed by atoms with Crippen molar-refractivity contribution in [2.24, 2.45) is 0 Å². The fraction of sp³-hybridized carbons (Fsp3) is 0.333. The molecule has 0 aliphatic heterocycles. The first-order valence-corrected chi connectivity index (χ1v) is 7.53. The highest BCUT2D eigenvalue weighted by Gasteiger charge is 2.10. The lowest BCUT2D eigenvalue weighted by Gasteiger charge is -2.17. The minimum atomic E-state index is -0.231. The van der Waals surface area contributed by atoms with E-state index in [1.54, 1.807) is 19.2 Å². The first kappa shape index (κ1) is 17.2. The average molecular weight is 319 g/mol. The molecule has 0 spiro atoms. The number of hydrogen-bond donors (Lipinski definition) is 2. The molecule has 2 rings (SSSR count). The van der Waals surface area contributed by atoms with E-state index in [1.165, 1.54) is 12.1 Å². The summed E-state index contributed by atoms with van der Waals surface area (Å²) < 4.78 is 23.7. The summed E-state index contributed by atoms with van der Waals surface area (Å²) in [5, 5.41) is 12.2. The van der Waals surface area contributed by atoms with Gasteiger partial charge in [-0.05, 0) is 42.3 Å². The maximum atomic E-state index is 12.9. The Bertz CT molecular complexity index is 616. The van der Waals surface area contributed by atoms with Crippen LogP contribution in [0.15, 0.2) is 42.5 Å². The van der Waals surface area contributed by atoms with Gasteiger partial charge in [0.1, 0.15) is 12.4 Å². The smallest absolute Gasteiger partial charge is 0.161 e. The Morgan fingerprint density at radius 1 is 1.13 bits per heavy atom. The molecule has 0 heterocycles. The van der Waals surface area contributed by atoms with Gasteiger partial charge >= 0.3 is 0 Å². The van der Waals surface area contributed by atoms with E-state index < -0.39 is 0 Å². The van der Waals surface area contributed by atoms with Crippen molar-refractivity contribution in [3.63, 3.8) is 0 Å². The van der Waals surface area contributed by atoms with Crippen molar-refractivity contribution >= 4 is 0 Å². The van der Waals surface area contributed by atoms with Crippen LogP contribution in [0.1, 0.15) is 24.1 Å². The number of hydrogen-bond acceptors (Lipinski definition) is 4. The molecule has 0 radical (unpaired) electrons. The molecular formula is C18H22FNO3.